The van der Waals surface area contributed by atoms with E-state index in [4.69, 9.17) is 18.9 Å². The Morgan fingerprint density at radius 2 is 0.493 bits per heavy atom. The van der Waals surface area contributed by atoms with Gasteiger partial charge in [0.15, 0.2) is 0 Å². The number of hydrogen-bond donors (Lipinski definition) is 4. The van der Waals surface area contributed by atoms with E-state index in [1.807, 2.05) is 0 Å². The van der Waals surface area contributed by atoms with Crippen LogP contribution in [0.25, 0.3) is 0 Å². The number of hydrogen-bond acceptors (Lipinski definition) is 8. The van der Waals surface area contributed by atoms with E-state index >= 15 is 0 Å². The minimum absolute atomic E-state index is 0. The molecule has 412 valence electrons. The van der Waals surface area contributed by atoms with Gasteiger partial charge in [-0.05, 0) is 85.2 Å². The van der Waals surface area contributed by atoms with E-state index < -0.39 is 0 Å². The molecule has 0 saturated heterocycles. The van der Waals surface area contributed by atoms with Gasteiger partial charge in [0.25, 0.3) is 0 Å². The molecular weight excluding hydrogens is 922 g/mol. The first kappa shape index (κ1) is 76.8. The molecule has 8 nitrogen and oxygen atoms in total. The molecule has 0 aromatic rings. The van der Waals surface area contributed by atoms with Crippen LogP contribution < -0.4 is 21.3 Å². The lowest BCUT2D eigenvalue weighted by Gasteiger charge is -2.18. The van der Waals surface area contributed by atoms with Crippen LogP contribution in [0, 0.1) is 0 Å². The zero-order valence-corrected chi connectivity index (χ0v) is 48.3. The van der Waals surface area contributed by atoms with Gasteiger partial charge < -0.3 is 40.2 Å². The van der Waals surface area contributed by atoms with Gasteiger partial charge >= 0.3 is 0 Å². The van der Waals surface area contributed by atoms with Crippen molar-refractivity contribution in [2.75, 3.05) is 92.0 Å². The molecule has 0 aliphatic heterocycles. The van der Waals surface area contributed by atoms with Crippen molar-refractivity contribution in [2.24, 2.45) is 0 Å². The molecule has 0 aromatic heterocycles. The van der Waals surface area contributed by atoms with Gasteiger partial charge in [-0.1, -0.05) is 206 Å². The third kappa shape index (κ3) is 66.8. The Morgan fingerprint density at radius 1 is 0.269 bits per heavy atom. The summed E-state index contributed by atoms with van der Waals surface area (Å²) < 4.78 is 23.9. The minimum Gasteiger partial charge on any atom is -0.379 e. The molecule has 67 heavy (non-hydrogen) atoms. The van der Waals surface area contributed by atoms with E-state index in [1.165, 1.54) is 205 Å². The number of halogens is 4. The van der Waals surface area contributed by atoms with Crippen LogP contribution in [0.3, 0.4) is 0 Å². The van der Waals surface area contributed by atoms with Crippen LogP contribution in [0.1, 0.15) is 252 Å². The monoisotopic (exact) mass is 1040 g/mol. The fourth-order valence-electron chi connectivity index (χ4n) is 8.53. The summed E-state index contributed by atoms with van der Waals surface area (Å²) in [4.78, 5) is 0. The summed E-state index contributed by atoms with van der Waals surface area (Å²) in [6, 6.07) is 0. The Bertz CT molecular complexity index is 756. The van der Waals surface area contributed by atoms with Crippen LogP contribution in [0.2, 0.25) is 0 Å². The van der Waals surface area contributed by atoms with Gasteiger partial charge in [0, 0.05) is 39.5 Å². The molecule has 0 amide bonds. The summed E-state index contributed by atoms with van der Waals surface area (Å²) in [6.45, 7) is 21.3. The molecule has 12 heteroatoms. The van der Waals surface area contributed by atoms with Gasteiger partial charge in [-0.2, -0.15) is 0 Å². The fourth-order valence-corrected chi connectivity index (χ4v) is 8.53. The van der Waals surface area contributed by atoms with Crippen LogP contribution in [-0.4, -0.2) is 104 Å². The molecule has 0 rings (SSSR count). The van der Waals surface area contributed by atoms with Crippen molar-refractivity contribution < 1.29 is 18.9 Å². The first-order chi connectivity index (χ1) is 31.3. The van der Waals surface area contributed by atoms with Crippen molar-refractivity contribution in [3.8, 4) is 0 Å². The summed E-state index contributed by atoms with van der Waals surface area (Å²) in [5.74, 6) is 0. The largest absolute Gasteiger partial charge is 0.379 e. The highest BCUT2D eigenvalue weighted by Gasteiger charge is 2.09. The fraction of sp³-hybridized carbons (Fsp3) is 1.00. The van der Waals surface area contributed by atoms with Crippen LogP contribution in [-0.2, 0) is 18.9 Å². The predicted octanol–water partition coefficient (Wildman–Crippen LogP) is 15.6. The number of ether oxygens (including phenoxy) is 4. The average molecular weight is 1040 g/mol. The van der Waals surface area contributed by atoms with Crippen molar-refractivity contribution in [1.82, 2.24) is 21.3 Å². The van der Waals surface area contributed by atoms with Gasteiger partial charge in [-0.25, -0.2) is 0 Å². The van der Waals surface area contributed by atoms with Crippen molar-refractivity contribution >= 4 is 49.6 Å². The molecule has 0 bridgehead atoms. The third-order valence-corrected chi connectivity index (χ3v) is 12.6. The first-order valence-electron chi connectivity index (χ1n) is 28.5. The maximum atomic E-state index is 6.01. The summed E-state index contributed by atoms with van der Waals surface area (Å²) in [5, 5.41) is 14.4. The van der Waals surface area contributed by atoms with Crippen molar-refractivity contribution in [2.45, 2.75) is 265 Å². The van der Waals surface area contributed by atoms with Crippen LogP contribution in [0.4, 0.5) is 0 Å². The third-order valence-electron chi connectivity index (χ3n) is 12.6. The molecule has 0 aliphatic rings. The highest BCUT2D eigenvalue weighted by atomic mass is 35.5. The summed E-state index contributed by atoms with van der Waals surface area (Å²) in [7, 11) is 0. The molecule has 2 unspecified atom stereocenters. The van der Waals surface area contributed by atoms with E-state index in [0.29, 0.717) is 13.2 Å². The Morgan fingerprint density at radius 3 is 0.731 bits per heavy atom. The highest BCUT2D eigenvalue weighted by Crippen LogP contribution is 2.15. The summed E-state index contributed by atoms with van der Waals surface area (Å²) >= 11 is 0. The zero-order chi connectivity index (χ0) is 45.5. The van der Waals surface area contributed by atoms with Crippen molar-refractivity contribution in [3.05, 3.63) is 0 Å². The van der Waals surface area contributed by atoms with Gasteiger partial charge in [-0.3, -0.25) is 0 Å². The second-order valence-electron chi connectivity index (χ2n) is 18.9. The van der Waals surface area contributed by atoms with Crippen molar-refractivity contribution in [1.29, 1.82) is 0 Å². The van der Waals surface area contributed by atoms with Gasteiger partial charge in [0.1, 0.15) is 0 Å². The second kappa shape index (κ2) is 71.1. The average Bonchev–Trinajstić information content (AvgIpc) is 3.29. The standard InChI is InChI=1S/C55H116N4O4.4ClH/c1-5-9-11-13-15-17-19-21-23-25-27-29-31-33-35-37-48-60-52-54(62-7-3)50-58-46-40-44-56-42-39-43-57-45-41-47-59-51-55(63-8-4)53-61-49-38-36-34-32-30-28-26-24-22-20-18-16-14-12-10-6-2;;;;/h54-59H,5-53H2,1-4H3;4*1H. The van der Waals surface area contributed by atoms with Gasteiger partial charge in [0.2, 0.25) is 0 Å². The van der Waals surface area contributed by atoms with E-state index in [-0.39, 0.29) is 61.8 Å². The van der Waals surface area contributed by atoms with Crippen LogP contribution in [0.15, 0.2) is 0 Å². The van der Waals surface area contributed by atoms with Crippen LogP contribution in [0.5, 0.6) is 0 Å². The van der Waals surface area contributed by atoms with E-state index in [1.54, 1.807) is 0 Å². The molecule has 0 aliphatic carbocycles. The maximum Gasteiger partial charge on any atom is 0.0932 e. The number of unbranched alkanes of at least 4 members (excludes halogenated alkanes) is 30. The quantitative estimate of drug-likeness (QED) is 0.0449. The molecule has 2 atom stereocenters. The lowest BCUT2D eigenvalue weighted by molar-refractivity contribution is -0.0113. The highest BCUT2D eigenvalue weighted by molar-refractivity contribution is 5.86. The second-order valence-corrected chi connectivity index (χ2v) is 18.9. The smallest absolute Gasteiger partial charge is 0.0932 e. The van der Waals surface area contributed by atoms with Gasteiger partial charge in [0.05, 0.1) is 25.4 Å². The summed E-state index contributed by atoms with van der Waals surface area (Å²) in [5.41, 5.74) is 0. The first-order valence-corrected chi connectivity index (χ1v) is 28.5. The SMILES string of the molecule is CCCCCCCCCCCCCCCCCCOCC(CNCCCNCCCNCCCNCC(COCCCCCCCCCCCCCCCCCC)OCC)OCC.Cl.Cl.Cl.Cl. The molecule has 0 spiro atoms. The maximum absolute atomic E-state index is 6.01. The zero-order valence-electron chi connectivity index (χ0n) is 45.1. The molecule has 0 radical (unpaired) electrons. The molecule has 0 fully saturated rings. The molecule has 0 heterocycles. The Balaban J connectivity index is -0.00000320. The Hall–Kier alpha value is 0.840. The van der Waals surface area contributed by atoms with E-state index in [0.717, 1.165) is 98.0 Å². The Kier molecular flexibility index (Phi) is 81.4. The predicted molar refractivity (Wildman–Crippen MR) is 306 cm³/mol. The number of nitrogens with one attached hydrogen (secondary N) is 4. The number of rotatable bonds is 58. The Labute approximate surface area is 444 Å². The topological polar surface area (TPSA) is 85.0 Å². The van der Waals surface area contributed by atoms with Gasteiger partial charge in [-0.15, -0.1) is 49.6 Å². The summed E-state index contributed by atoms with van der Waals surface area (Å²) in [6.07, 6.45) is 48.6. The van der Waals surface area contributed by atoms with E-state index in [2.05, 4.69) is 49.0 Å². The molecule has 0 saturated carbocycles. The lowest BCUT2D eigenvalue weighted by Crippen LogP contribution is -2.35. The van der Waals surface area contributed by atoms with E-state index in [9.17, 15) is 0 Å². The normalized spacial score (nSPS) is 12.0. The molecule has 0 aromatic carbocycles. The van der Waals surface area contributed by atoms with Crippen LogP contribution >= 0.6 is 49.6 Å². The molecular formula is C55H120Cl4N4O4. The minimum atomic E-state index is 0. The van der Waals surface area contributed by atoms with Crippen molar-refractivity contribution in [3.63, 3.8) is 0 Å². The lowest BCUT2D eigenvalue weighted by atomic mass is 10.0. The molecule has 4 N–H and O–H groups in total.